The lowest BCUT2D eigenvalue weighted by atomic mass is 10.1. The van der Waals surface area contributed by atoms with Crippen LogP contribution in [-0.2, 0) is 14.2 Å². The maximum absolute atomic E-state index is 12.2. The fourth-order valence-electron chi connectivity index (χ4n) is 4.47. The first-order chi connectivity index (χ1) is 21.1. The number of hydrogen-bond donors (Lipinski definition) is 3. The number of rotatable bonds is 17. The topological polar surface area (TPSA) is 113 Å². The molecule has 4 rings (SSSR count). The van der Waals surface area contributed by atoms with Crippen LogP contribution < -0.4 is 20.9 Å². The van der Waals surface area contributed by atoms with Gasteiger partial charge in [0.2, 0.25) is 5.95 Å². The smallest absolute Gasteiger partial charge is 0.253 e. The van der Waals surface area contributed by atoms with E-state index < -0.39 is 0 Å². The van der Waals surface area contributed by atoms with E-state index in [0.717, 1.165) is 38.4 Å². The Hall–Kier alpha value is -3.19. The molecule has 1 aliphatic heterocycles. The van der Waals surface area contributed by atoms with Crippen molar-refractivity contribution in [3.05, 3.63) is 65.3 Å². The summed E-state index contributed by atoms with van der Waals surface area (Å²) in [6.45, 7) is 8.28. The van der Waals surface area contributed by atoms with E-state index in [2.05, 4.69) is 47.9 Å². The Balaban J connectivity index is 1.20. The lowest BCUT2D eigenvalue weighted by molar-refractivity contribution is 0.0127. The van der Waals surface area contributed by atoms with E-state index in [-0.39, 0.29) is 5.91 Å². The lowest BCUT2D eigenvalue weighted by Gasteiger charge is -2.36. The van der Waals surface area contributed by atoms with Gasteiger partial charge in [0.05, 0.1) is 57.1 Å². The van der Waals surface area contributed by atoms with Gasteiger partial charge in [0.15, 0.2) is 5.82 Å². The highest BCUT2D eigenvalue weighted by Crippen LogP contribution is 2.27. The molecule has 0 saturated carbocycles. The van der Waals surface area contributed by atoms with Crippen molar-refractivity contribution in [2.24, 2.45) is 0 Å². The number of ether oxygens (including phenoxy) is 3. The number of nitrogens with one attached hydrogen (secondary N) is 3. The Kier molecular flexibility index (Phi) is 13.6. The number of alkyl halides is 1. The molecule has 0 atom stereocenters. The highest BCUT2D eigenvalue weighted by molar-refractivity contribution is 6.33. The molecule has 1 saturated heterocycles. The summed E-state index contributed by atoms with van der Waals surface area (Å²) in [7, 11) is 1.59. The number of piperazine rings is 1. The molecule has 0 radical (unpaired) electrons. The molecule has 13 heteroatoms. The summed E-state index contributed by atoms with van der Waals surface area (Å²) in [4.78, 5) is 25.9. The summed E-state index contributed by atoms with van der Waals surface area (Å²) >= 11 is 11.9. The zero-order chi connectivity index (χ0) is 30.3. The Morgan fingerprint density at radius 1 is 0.884 bits per heavy atom. The molecule has 232 valence electrons. The van der Waals surface area contributed by atoms with Gasteiger partial charge in [0.1, 0.15) is 5.02 Å². The van der Waals surface area contributed by atoms with Crippen molar-refractivity contribution in [2.45, 2.75) is 0 Å². The molecule has 11 nitrogen and oxygen atoms in total. The molecule has 0 aliphatic carbocycles. The van der Waals surface area contributed by atoms with Gasteiger partial charge >= 0.3 is 0 Å². The predicted octanol–water partition coefficient (Wildman–Crippen LogP) is 4.39. The van der Waals surface area contributed by atoms with Crippen molar-refractivity contribution in [1.29, 1.82) is 0 Å². The van der Waals surface area contributed by atoms with Crippen LogP contribution in [0.5, 0.6) is 0 Å². The van der Waals surface area contributed by atoms with Crippen molar-refractivity contribution >= 4 is 57.9 Å². The number of benzene rings is 2. The van der Waals surface area contributed by atoms with E-state index in [1.165, 1.54) is 11.9 Å². The van der Waals surface area contributed by atoms with E-state index >= 15 is 0 Å². The summed E-state index contributed by atoms with van der Waals surface area (Å²) in [6.07, 6.45) is 1.52. The third kappa shape index (κ3) is 10.5. The Morgan fingerprint density at radius 3 is 2.26 bits per heavy atom. The molecule has 1 fully saturated rings. The standard InChI is InChI=1S/C30H39Cl2N7O4/c1-33-29(40)25-4-2-3-5-27(25)36-28-26(32)22-34-30(37-28)35-23-6-8-24(9-7-23)39-13-11-38(12-14-39)15-17-42-19-21-43-20-18-41-16-10-31/h2-9,22H,10-21H2,1H3,(H,33,40)(H2,34,35,36,37). The van der Waals surface area contributed by atoms with Gasteiger partial charge in [-0.2, -0.15) is 4.98 Å². The minimum absolute atomic E-state index is 0.208. The third-order valence-corrected chi connectivity index (χ3v) is 7.21. The molecule has 1 amide bonds. The fourth-order valence-corrected chi connectivity index (χ4v) is 4.72. The average Bonchev–Trinajstić information content (AvgIpc) is 3.04. The number of carbonyl (C=O) groups excluding carboxylic acids is 1. The van der Waals surface area contributed by atoms with Crippen LogP contribution in [0.3, 0.4) is 0 Å². The number of anilines is 5. The quantitative estimate of drug-likeness (QED) is 0.146. The number of aromatic nitrogens is 2. The number of amides is 1. The first-order valence-electron chi connectivity index (χ1n) is 14.3. The molecule has 2 aromatic carbocycles. The molecular formula is C30H39Cl2N7O4. The van der Waals surface area contributed by atoms with Gasteiger partial charge in [0.25, 0.3) is 5.91 Å². The maximum Gasteiger partial charge on any atom is 0.253 e. The van der Waals surface area contributed by atoms with E-state index in [0.29, 0.717) is 73.6 Å². The summed E-state index contributed by atoms with van der Waals surface area (Å²) < 4.78 is 16.5. The van der Waals surface area contributed by atoms with Crippen LogP contribution in [0, 0.1) is 0 Å². The number of nitrogens with zero attached hydrogens (tertiary/aromatic N) is 4. The largest absolute Gasteiger partial charge is 0.378 e. The highest BCUT2D eigenvalue weighted by atomic mass is 35.5. The van der Waals surface area contributed by atoms with E-state index in [4.69, 9.17) is 37.4 Å². The van der Waals surface area contributed by atoms with E-state index in [1.807, 2.05) is 18.2 Å². The lowest BCUT2D eigenvalue weighted by Crippen LogP contribution is -2.47. The second-order valence-corrected chi connectivity index (χ2v) is 10.5. The van der Waals surface area contributed by atoms with Crippen molar-refractivity contribution in [2.75, 3.05) is 101 Å². The molecule has 3 aromatic rings. The first kappa shape index (κ1) is 32.7. The van der Waals surface area contributed by atoms with E-state index in [9.17, 15) is 4.79 Å². The summed E-state index contributed by atoms with van der Waals surface area (Å²) in [5.74, 6) is 1.08. The molecule has 0 unspecified atom stereocenters. The summed E-state index contributed by atoms with van der Waals surface area (Å²) in [5.41, 5.74) is 3.10. The van der Waals surface area contributed by atoms with Crippen LogP contribution in [0.15, 0.2) is 54.7 Å². The SMILES string of the molecule is CNC(=O)c1ccccc1Nc1nc(Nc2ccc(N3CCN(CCOCCOCCOCCCl)CC3)cc2)ncc1Cl. The van der Waals surface area contributed by atoms with Crippen molar-refractivity contribution in [1.82, 2.24) is 20.2 Å². The van der Waals surface area contributed by atoms with Gasteiger partial charge in [0, 0.05) is 57.0 Å². The maximum atomic E-state index is 12.2. The number of para-hydroxylation sites is 1. The van der Waals surface area contributed by atoms with Crippen molar-refractivity contribution in [3.8, 4) is 0 Å². The molecule has 43 heavy (non-hydrogen) atoms. The molecule has 1 aromatic heterocycles. The highest BCUT2D eigenvalue weighted by Gasteiger charge is 2.17. The van der Waals surface area contributed by atoms with Crippen LogP contribution in [0.4, 0.5) is 28.8 Å². The molecule has 1 aliphatic rings. The number of halogens is 2. The zero-order valence-corrected chi connectivity index (χ0v) is 25.9. The summed E-state index contributed by atoms with van der Waals surface area (Å²) in [5, 5.41) is 9.37. The first-order valence-corrected chi connectivity index (χ1v) is 15.2. The monoisotopic (exact) mass is 631 g/mol. The zero-order valence-electron chi connectivity index (χ0n) is 24.4. The third-order valence-electron chi connectivity index (χ3n) is 6.77. The van der Waals surface area contributed by atoms with Crippen LogP contribution in [-0.4, -0.2) is 106 Å². The number of hydrogen-bond acceptors (Lipinski definition) is 10. The fraction of sp³-hybridized carbons (Fsp3) is 0.433. The summed E-state index contributed by atoms with van der Waals surface area (Å²) in [6, 6.07) is 15.4. The van der Waals surface area contributed by atoms with Gasteiger partial charge < -0.3 is 35.1 Å². The van der Waals surface area contributed by atoms with Gasteiger partial charge in [-0.1, -0.05) is 23.7 Å². The second kappa shape index (κ2) is 17.8. The molecule has 3 N–H and O–H groups in total. The van der Waals surface area contributed by atoms with E-state index in [1.54, 1.807) is 25.2 Å². The minimum atomic E-state index is -0.208. The number of carbonyl (C=O) groups is 1. The average molecular weight is 633 g/mol. The Morgan fingerprint density at radius 2 is 1.56 bits per heavy atom. The molecule has 0 bridgehead atoms. The van der Waals surface area contributed by atoms with Crippen molar-refractivity contribution in [3.63, 3.8) is 0 Å². The molecule has 2 heterocycles. The molecular weight excluding hydrogens is 593 g/mol. The van der Waals surface area contributed by atoms with Gasteiger partial charge in [-0.05, 0) is 36.4 Å². The van der Waals surface area contributed by atoms with Crippen LogP contribution in [0.25, 0.3) is 0 Å². The Labute approximate surface area is 262 Å². The minimum Gasteiger partial charge on any atom is -0.378 e. The van der Waals surface area contributed by atoms with Crippen LogP contribution in [0.2, 0.25) is 5.02 Å². The molecule has 0 spiro atoms. The predicted molar refractivity (Wildman–Crippen MR) is 172 cm³/mol. The normalized spacial score (nSPS) is 13.6. The van der Waals surface area contributed by atoms with Gasteiger partial charge in [-0.3, -0.25) is 9.69 Å². The van der Waals surface area contributed by atoms with Crippen LogP contribution >= 0.6 is 23.2 Å². The van der Waals surface area contributed by atoms with Gasteiger partial charge in [-0.15, -0.1) is 11.6 Å². The Bertz CT molecular complexity index is 1280. The van der Waals surface area contributed by atoms with Gasteiger partial charge in [-0.25, -0.2) is 4.98 Å². The van der Waals surface area contributed by atoms with Crippen LogP contribution in [0.1, 0.15) is 10.4 Å². The van der Waals surface area contributed by atoms with Crippen molar-refractivity contribution < 1.29 is 19.0 Å². The second-order valence-electron chi connectivity index (χ2n) is 9.67.